The van der Waals surface area contributed by atoms with Crippen molar-refractivity contribution in [2.45, 2.75) is 4.90 Å². The number of benzene rings is 2. The summed E-state index contributed by atoms with van der Waals surface area (Å²) in [5.74, 6) is -0.0476. The third-order valence-electron chi connectivity index (χ3n) is 2.51. The number of nitrogens with two attached hydrogens (primary N) is 1. The molecular formula is C12H9ClN2O5S. The Balaban J connectivity index is 2.28. The van der Waals surface area contributed by atoms with Crippen LogP contribution in [0.15, 0.2) is 47.4 Å². The molecule has 0 fully saturated rings. The Bertz CT molecular complexity index is 790. The molecule has 0 aliphatic rings. The van der Waals surface area contributed by atoms with Crippen molar-refractivity contribution in [3.05, 3.63) is 57.6 Å². The highest BCUT2D eigenvalue weighted by atomic mass is 35.5. The van der Waals surface area contributed by atoms with E-state index in [9.17, 15) is 18.5 Å². The van der Waals surface area contributed by atoms with E-state index in [-0.39, 0.29) is 27.0 Å². The topological polar surface area (TPSA) is 113 Å². The maximum atomic E-state index is 12.0. The van der Waals surface area contributed by atoms with Crippen molar-refractivity contribution in [2.75, 3.05) is 5.73 Å². The number of nitro groups is 1. The van der Waals surface area contributed by atoms with Crippen molar-refractivity contribution >= 4 is 33.1 Å². The predicted octanol–water partition coefficient (Wildman–Crippen LogP) is 2.60. The minimum Gasteiger partial charge on any atom is -0.398 e. The highest BCUT2D eigenvalue weighted by Crippen LogP contribution is 2.25. The van der Waals surface area contributed by atoms with Crippen LogP contribution in [0, 0.1) is 10.1 Å². The molecule has 0 aliphatic heterocycles. The third kappa shape index (κ3) is 3.41. The van der Waals surface area contributed by atoms with E-state index in [4.69, 9.17) is 21.5 Å². The van der Waals surface area contributed by atoms with Crippen LogP contribution in [0.1, 0.15) is 0 Å². The number of nitrogens with zero attached hydrogens (tertiary/aromatic N) is 1. The van der Waals surface area contributed by atoms with Gasteiger partial charge in [0.15, 0.2) is 0 Å². The molecule has 2 N–H and O–H groups in total. The zero-order chi connectivity index (χ0) is 15.6. The summed E-state index contributed by atoms with van der Waals surface area (Å²) in [7, 11) is -4.10. The van der Waals surface area contributed by atoms with Gasteiger partial charge in [0.25, 0.3) is 5.69 Å². The van der Waals surface area contributed by atoms with Gasteiger partial charge in [-0.25, -0.2) is 0 Å². The lowest BCUT2D eigenvalue weighted by atomic mass is 10.3. The average molecular weight is 329 g/mol. The standard InChI is InChI=1S/C12H9ClN2O5S/c13-11-7-10(5-6-12(11)14)21(18,19)20-9-3-1-8(2-4-9)15(16)17/h1-7H,14H2. The summed E-state index contributed by atoms with van der Waals surface area (Å²) in [4.78, 5) is 9.74. The molecule has 9 heteroatoms. The number of nitro benzene ring substituents is 1. The third-order valence-corrected chi connectivity index (χ3v) is 4.08. The summed E-state index contributed by atoms with van der Waals surface area (Å²) < 4.78 is 28.9. The van der Waals surface area contributed by atoms with Crippen LogP contribution >= 0.6 is 11.6 Å². The summed E-state index contributed by atoms with van der Waals surface area (Å²) in [6.45, 7) is 0. The van der Waals surface area contributed by atoms with Crippen LogP contribution in [0.4, 0.5) is 11.4 Å². The van der Waals surface area contributed by atoms with Crippen molar-refractivity contribution in [2.24, 2.45) is 0 Å². The van der Waals surface area contributed by atoms with E-state index in [0.717, 1.165) is 18.2 Å². The van der Waals surface area contributed by atoms with Gasteiger partial charge in [0.05, 0.1) is 15.6 Å². The van der Waals surface area contributed by atoms with Gasteiger partial charge in [0.1, 0.15) is 10.6 Å². The number of hydrogen-bond acceptors (Lipinski definition) is 6. The molecule has 0 unspecified atom stereocenters. The number of hydrogen-bond donors (Lipinski definition) is 1. The van der Waals surface area contributed by atoms with Crippen LogP contribution in [-0.2, 0) is 10.1 Å². The summed E-state index contributed by atoms with van der Waals surface area (Å²) in [5.41, 5.74) is 5.57. The first-order chi connectivity index (χ1) is 9.79. The molecule has 110 valence electrons. The smallest absolute Gasteiger partial charge is 0.339 e. The van der Waals surface area contributed by atoms with E-state index in [2.05, 4.69) is 0 Å². The second kappa shape index (κ2) is 5.58. The molecule has 0 spiro atoms. The van der Waals surface area contributed by atoms with Gasteiger partial charge in [-0.15, -0.1) is 0 Å². The molecule has 0 saturated carbocycles. The molecule has 0 saturated heterocycles. The molecule has 2 aromatic rings. The summed E-state index contributed by atoms with van der Waals surface area (Å²) >= 11 is 5.76. The van der Waals surface area contributed by atoms with Gasteiger partial charge in [-0.05, 0) is 30.3 Å². The second-order valence-electron chi connectivity index (χ2n) is 3.97. The molecule has 0 atom stereocenters. The molecule has 0 aliphatic carbocycles. The van der Waals surface area contributed by atoms with Crippen molar-refractivity contribution < 1.29 is 17.5 Å². The monoisotopic (exact) mass is 328 g/mol. The van der Waals surface area contributed by atoms with E-state index in [1.54, 1.807) is 0 Å². The van der Waals surface area contributed by atoms with Crippen LogP contribution in [0.25, 0.3) is 0 Å². The number of rotatable bonds is 4. The Morgan fingerprint density at radius 3 is 2.29 bits per heavy atom. The zero-order valence-corrected chi connectivity index (χ0v) is 12.0. The lowest BCUT2D eigenvalue weighted by Crippen LogP contribution is -2.10. The van der Waals surface area contributed by atoms with Crippen molar-refractivity contribution in [1.29, 1.82) is 0 Å². The lowest BCUT2D eigenvalue weighted by molar-refractivity contribution is -0.384. The quantitative estimate of drug-likeness (QED) is 0.399. The van der Waals surface area contributed by atoms with Gasteiger partial charge in [0.2, 0.25) is 0 Å². The zero-order valence-electron chi connectivity index (χ0n) is 10.4. The maximum absolute atomic E-state index is 12.0. The normalized spacial score (nSPS) is 11.1. The maximum Gasteiger partial charge on any atom is 0.339 e. The van der Waals surface area contributed by atoms with E-state index in [1.807, 2.05) is 0 Å². The Kier molecular flexibility index (Phi) is 4.01. The van der Waals surface area contributed by atoms with Crippen LogP contribution in [0.5, 0.6) is 5.75 Å². The molecule has 0 heterocycles. The highest BCUT2D eigenvalue weighted by molar-refractivity contribution is 7.87. The first-order valence-electron chi connectivity index (χ1n) is 5.53. The van der Waals surface area contributed by atoms with Gasteiger partial charge in [-0.2, -0.15) is 8.42 Å². The Morgan fingerprint density at radius 2 is 1.76 bits per heavy atom. The van der Waals surface area contributed by atoms with E-state index in [1.165, 1.54) is 24.3 Å². The van der Waals surface area contributed by atoms with Crippen molar-refractivity contribution in [1.82, 2.24) is 0 Å². The predicted molar refractivity (Wildman–Crippen MR) is 76.8 cm³/mol. The molecular weight excluding hydrogens is 320 g/mol. The van der Waals surface area contributed by atoms with Crippen LogP contribution in [0.3, 0.4) is 0 Å². The van der Waals surface area contributed by atoms with E-state index in [0.29, 0.717) is 0 Å². The molecule has 0 amide bonds. The van der Waals surface area contributed by atoms with Gasteiger partial charge in [-0.1, -0.05) is 11.6 Å². The number of non-ortho nitro benzene ring substituents is 1. The second-order valence-corrected chi connectivity index (χ2v) is 5.93. The number of halogens is 1. The average Bonchev–Trinajstić information content (AvgIpc) is 2.42. The fourth-order valence-electron chi connectivity index (χ4n) is 1.46. The Morgan fingerprint density at radius 1 is 1.14 bits per heavy atom. The first kappa shape index (κ1) is 15.1. The van der Waals surface area contributed by atoms with Gasteiger partial charge >= 0.3 is 10.1 Å². The Hall–Kier alpha value is -2.32. The molecule has 21 heavy (non-hydrogen) atoms. The lowest BCUT2D eigenvalue weighted by Gasteiger charge is -2.07. The van der Waals surface area contributed by atoms with Gasteiger partial charge in [-0.3, -0.25) is 10.1 Å². The molecule has 7 nitrogen and oxygen atoms in total. The molecule has 0 bridgehead atoms. The first-order valence-corrected chi connectivity index (χ1v) is 7.32. The van der Waals surface area contributed by atoms with Crippen LogP contribution < -0.4 is 9.92 Å². The van der Waals surface area contributed by atoms with Crippen molar-refractivity contribution in [3.8, 4) is 5.75 Å². The molecule has 0 aromatic heterocycles. The minimum absolute atomic E-state index is 0.0476. The summed E-state index contributed by atoms with van der Waals surface area (Å²) in [6, 6.07) is 8.42. The highest BCUT2D eigenvalue weighted by Gasteiger charge is 2.18. The van der Waals surface area contributed by atoms with Gasteiger partial charge in [0, 0.05) is 12.1 Å². The SMILES string of the molecule is Nc1ccc(S(=O)(=O)Oc2ccc([N+](=O)[O-])cc2)cc1Cl. The molecule has 0 radical (unpaired) electrons. The largest absolute Gasteiger partial charge is 0.398 e. The molecule has 2 rings (SSSR count). The Labute approximate surface area is 125 Å². The fourth-order valence-corrected chi connectivity index (χ4v) is 2.66. The van der Waals surface area contributed by atoms with E-state index < -0.39 is 15.0 Å². The molecule has 2 aromatic carbocycles. The van der Waals surface area contributed by atoms with Crippen LogP contribution in [0.2, 0.25) is 5.02 Å². The van der Waals surface area contributed by atoms with Crippen molar-refractivity contribution in [3.63, 3.8) is 0 Å². The van der Waals surface area contributed by atoms with E-state index >= 15 is 0 Å². The van der Waals surface area contributed by atoms with Crippen LogP contribution in [-0.4, -0.2) is 13.3 Å². The summed E-state index contributed by atoms with van der Waals surface area (Å²) in [5, 5.41) is 10.6. The van der Waals surface area contributed by atoms with Gasteiger partial charge < -0.3 is 9.92 Å². The number of anilines is 1. The minimum atomic E-state index is -4.10. The summed E-state index contributed by atoms with van der Waals surface area (Å²) in [6.07, 6.45) is 0. The fraction of sp³-hybridized carbons (Fsp3) is 0. The number of nitrogen functional groups attached to an aromatic ring is 1.